The number of nitrogens with zero attached hydrogens (tertiary/aromatic N) is 2. The highest BCUT2D eigenvalue weighted by Gasteiger charge is 2.50. The summed E-state index contributed by atoms with van der Waals surface area (Å²) in [5.74, 6) is -6.00. The molecule has 1 aliphatic heterocycles. The second kappa shape index (κ2) is 8.52. The van der Waals surface area contributed by atoms with Crippen LogP contribution in [0, 0.1) is 22.3 Å². The molecule has 3 atom stereocenters. The van der Waals surface area contributed by atoms with Crippen LogP contribution >= 0.6 is 0 Å². The van der Waals surface area contributed by atoms with Crippen molar-refractivity contribution in [3.05, 3.63) is 42.1 Å². The molecule has 13 heteroatoms. The molecule has 7 nitrogen and oxygen atoms in total. The maximum atomic E-state index is 14.2. The van der Waals surface area contributed by atoms with Crippen LogP contribution in [0.2, 0.25) is 0 Å². The van der Waals surface area contributed by atoms with E-state index in [0.717, 1.165) is 30.4 Å². The third-order valence-electron chi connectivity index (χ3n) is 5.01. The summed E-state index contributed by atoms with van der Waals surface area (Å²) in [6.07, 6.45) is -2.92. The van der Waals surface area contributed by atoms with Gasteiger partial charge in [0.2, 0.25) is 11.7 Å². The van der Waals surface area contributed by atoms with Gasteiger partial charge in [-0.3, -0.25) is 4.79 Å². The first-order valence-electron chi connectivity index (χ1n) is 9.19. The van der Waals surface area contributed by atoms with Gasteiger partial charge in [-0.15, -0.1) is 0 Å². The topological polar surface area (TPSA) is 95.4 Å². The summed E-state index contributed by atoms with van der Waals surface area (Å²) in [4.78, 5) is 17.7. The van der Waals surface area contributed by atoms with Gasteiger partial charge in [-0.05, 0) is 30.7 Å². The summed E-state index contributed by atoms with van der Waals surface area (Å²) in [6, 6.07) is 2.91. The van der Waals surface area contributed by atoms with Crippen LogP contribution < -0.4 is 15.0 Å². The Labute approximate surface area is 180 Å². The number of ether oxygens (including phenoxy) is 1. The number of pyridine rings is 1. The molecule has 0 bridgehead atoms. The van der Waals surface area contributed by atoms with E-state index >= 15 is 0 Å². The van der Waals surface area contributed by atoms with Gasteiger partial charge >= 0.3 is 6.18 Å². The lowest BCUT2D eigenvalue weighted by molar-refractivity contribution is -0.168. The van der Waals surface area contributed by atoms with E-state index in [0.29, 0.717) is 0 Å². The van der Waals surface area contributed by atoms with Crippen molar-refractivity contribution in [1.29, 1.82) is 4.78 Å². The minimum Gasteiger partial charge on any atom is -0.491 e. The number of hydrogen-bond donors (Lipinski definition) is 2. The van der Waals surface area contributed by atoms with Gasteiger partial charge in [0.25, 0.3) is 0 Å². The van der Waals surface area contributed by atoms with Gasteiger partial charge in [-0.1, -0.05) is 0 Å². The van der Waals surface area contributed by atoms with E-state index in [9.17, 15) is 31.0 Å². The number of halogens is 5. The fraction of sp³-hybridized carbons (Fsp3) is 0.368. The van der Waals surface area contributed by atoms with Crippen molar-refractivity contribution in [2.75, 3.05) is 30.1 Å². The van der Waals surface area contributed by atoms with Crippen LogP contribution in [0.1, 0.15) is 6.42 Å². The number of aromatic nitrogens is 1. The van der Waals surface area contributed by atoms with Crippen molar-refractivity contribution in [2.24, 2.45) is 5.92 Å². The maximum absolute atomic E-state index is 14.2. The van der Waals surface area contributed by atoms with Gasteiger partial charge in [0.05, 0.1) is 28.4 Å². The van der Waals surface area contributed by atoms with Crippen LogP contribution in [-0.2, 0) is 14.5 Å². The summed E-state index contributed by atoms with van der Waals surface area (Å²) >= 11 is 0. The van der Waals surface area contributed by atoms with E-state index in [1.54, 1.807) is 0 Å². The second-order valence-corrected chi connectivity index (χ2v) is 9.38. The number of hydrogen-bond acceptors (Lipinski definition) is 6. The van der Waals surface area contributed by atoms with Crippen molar-refractivity contribution < 1.29 is 35.7 Å². The van der Waals surface area contributed by atoms with Crippen LogP contribution in [0.25, 0.3) is 0 Å². The zero-order valence-corrected chi connectivity index (χ0v) is 17.7. The molecule has 0 spiro atoms. The number of methoxy groups -OCH3 is 1. The minimum absolute atomic E-state index is 0.0782. The summed E-state index contributed by atoms with van der Waals surface area (Å²) in [5.41, 5.74) is -0.120. The Kier molecular flexibility index (Phi) is 6.31. The van der Waals surface area contributed by atoms with E-state index in [-0.39, 0.29) is 16.4 Å². The number of rotatable bonds is 5. The average molecular weight is 478 g/mol. The zero-order chi connectivity index (χ0) is 23.8. The lowest BCUT2D eigenvalue weighted by atomic mass is 10.0. The van der Waals surface area contributed by atoms with Crippen LogP contribution in [0.3, 0.4) is 0 Å². The molecule has 1 aliphatic rings. The molecule has 3 rings (SSSR count). The third kappa shape index (κ3) is 4.76. The Morgan fingerprint density at radius 1 is 1.31 bits per heavy atom. The zero-order valence-electron chi connectivity index (χ0n) is 16.9. The van der Waals surface area contributed by atoms with E-state index in [2.05, 4.69) is 10.3 Å². The number of nitrogens with one attached hydrogen (secondary N) is 2. The quantitative estimate of drug-likeness (QED) is 0.638. The lowest BCUT2D eigenvalue weighted by Crippen LogP contribution is -2.40. The third-order valence-corrected chi connectivity index (χ3v) is 6.03. The van der Waals surface area contributed by atoms with Crippen LogP contribution in [0.5, 0.6) is 5.75 Å². The predicted molar refractivity (Wildman–Crippen MR) is 106 cm³/mol. The largest absolute Gasteiger partial charge is 0.491 e. The summed E-state index contributed by atoms with van der Waals surface area (Å²) in [7, 11) is -2.16. The predicted octanol–water partition coefficient (Wildman–Crippen LogP) is 3.80. The van der Waals surface area contributed by atoms with E-state index < -0.39 is 64.1 Å². The Hall–Kier alpha value is -2.96. The average Bonchev–Trinajstić information content (AvgIpc) is 3.15. The maximum Gasteiger partial charge on any atom is 0.393 e. The van der Waals surface area contributed by atoms with Gasteiger partial charge in [0, 0.05) is 24.7 Å². The van der Waals surface area contributed by atoms with Crippen molar-refractivity contribution in [3.8, 4) is 5.75 Å². The number of carbonyl (C=O) groups excluding carboxylic acids is 1. The van der Waals surface area contributed by atoms with Crippen molar-refractivity contribution in [3.63, 3.8) is 0 Å². The Bertz CT molecular complexity index is 1140. The molecule has 0 radical (unpaired) electrons. The molecule has 0 unspecified atom stereocenters. The van der Waals surface area contributed by atoms with Crippen LogP contribution in [-0.4, -0.2) is 47.2 Å². The fourth-order valence-electron chi connectivity index (χ4n) is 3.46. The first kappa shape index (κ1) is 23.7. The molecule has 0 aliphatic carbocycles. The van der Waals surface area contributed by atoms with E-state index in [1.165, 1.54) is 18.3 Å². The van der Waals surface area contributed by atoms with Gasteiger partial charge in [-0.2, -0.15) is 17.6 Å². The number of carbonyl (C=O) groups is 1. The Morgan fingerprint density at radius 2 is 2.00 bits per heavy atom. The molecule has 2 heterocycles. The summed E-state index contributed by atoms with van der Waals surface area (Å²) in [6.45, 7) is -0.667. The highest BCUT2D eigenvalue weighted by atomic mass is 32.2. The lowest BCUT2D eigenvalue weighted by Gasteiger charge is -2.27. The first-order valence-corrected chi connectivity index (χ1v) is 11.2. The molecule has 2 N–H and O–H groups in total. The second-order valence-electron chi connectivity index (χ2n) is 7.27. The molecule has 2 aromatic rings. The van der Waals surface area contributed by atoms with Crippen LogP contribution in [0.15, 0.2) is 35.5 Å². The molecule has 1 aromatic heterocycles. The molecule has 32 heavy (non-hydrogen) atoms. The van der Waals surface area contributed by atoms with E-state index in [4.69, 9.17) is 9.52 Å². The normalized spacial score (nSPS) is 20.7. The smallest absolute Gasteiger partial charge is 0.393 e. The number of amides is 1. The molecular formula is C19H19F5N4O3S. The molecule has 1 saturated heterocycles. The molecule has 1 aromatic carbocycles. The monoisotopic (exact) mass is 478 g/mol. The van der Waals surface area contributed by atoms with Crippen LogP contribution in [0.4, 0.5) is 33.3 Å². The first-order chi connectivity index (χ1) is 14.8. The highest BCUT2D eigenvalue weighted by molar-refractivity contribution is 7.91. The van der Waals surface area contributed by atoms with Gasteiger partial charge in [-0.25, -0.2) is 18.4 Å². The minimum atomic E-state index is -4.62. The number of alkyl halides is 3. The summed E-state index contributed by atoms with van der Waals surface area (Å²) in [5, 5.41) is 2.31. The molecular weight excluding hydrogens is 459 g/mol. The highest BCUT2D eigenvalue weighted by Crippen LogP contribution is 2.43. The van der Waals surface area contributed by atoms with E-state index in [1.807, 2.05) is 0 Å². The van der Waals surface area contributed by atoms with Crippen molar-refractivity contribution >= 4 is 27.0 Å². The Morgan fingerprint density at radius 3 is 2.59 bits per heavy atom. The Balaban J connectivity index is 1.97. The van der Waals surface area contributed by atoms with Gasteiger partial charge in [0.15, 0.2) is 11.6 Å². The fourth-order valence-corrected chi connectivity index (χ4v) is 4.07. The molecule has 1 fully saturated rings. The standard InChI is InChI=1S/C19H19F5N4O3S/c1-31-17-13(4-3-12(20)16(17)21)28-9-10(19(22,23)24)7-14(28)18(29)27-11-5-6-26-15(8-11)32(2,25)30/h3-6,8,10,14,25H,7,9H2,1-2H3,(H,26,27,29)/t10-,14+,32-/m1/s1. The number of anilines is 2. The molecule has 1 amide bonds. The molecule has 174 valence electrons. The van der Waals surface area contributed by atoms with Crippen molar-refractivity contribution in [1.82, 2.24) is 4.98 Å². The van der Waals surface area contributed by atoms with Gasteiger partial charge in [0.1, 0.15) is 11.1 Å². The van der Waals surface area contributed by atoms with Crippen molar-refractivity contribution in [2.45, 2.75) is 23.7 Å². The van der Waals surface area contributed by atoms with Gasteiger partial charge < -0.3 is 15.0 Å². The SMILES string of the molecule is COc1c(N2C[C@H](C(F)(F)F)C[C@H]2C(=O)Nc2ccnc([S@](C)(=N)=O)c2)ccc(F)c1F. The number of benzene rings is 1. The molecule has 0 saturated carbocycles. The summed E-state index contributed by atoms with van der Waals surface area (Å²) < 4.78 is 92.4.